The highest BCUT2D eigenvalue weighted by molar-refractivity contribution is 6.00. The molecule has 1 aromatic rings. The Kier molecular flexibility index (Phi) is 5.11. The van der Waals surface area contributed by atoms with Gasteiger partial charge in [-0.2, -0.15) is 0 Å². The fraction of sp³-hybridized carbons (Fsp3) is 0.500. The Morgan fingerprint density at radius 3 is 2.59 bits per heavy atom. The molecule has 1 fully saturated rings. The maximum atomic E-state index is 13.8. The van der Waals surface area contributed by atoms with Gasteiger partial charge in [-0.3, -0.25) is 9.59 Å². The number of halogens is 2. The molecule has 1 unspecified atom stereocenters. The second-order valence-corrected chi connectivity index (χ2v) is 5.59. The zero-order chi connectivity index (χ0) is 16.3. The summed E-state index contributed by atoms with van der Waals surface area (Å²) >= 11 is 0. The summed E-state index contributed by atoms with van der Waals surface area (Å²) in [5.74, 6) is -2.71. The quantitative estimate of drug-likeness (QED) is 0.838. The van der Waals surface area contributed by atoms with E-state index in [0.717, 1.165) is 29.9 Å². The average molecular weight is 310 g/mol. The summed E-state index contributed by atoms with van der Waals surface area (Å²) in [6.07, 6.45) is 1.84. The summed E-state index contributed by atoms with van der Waals surface area (Å²) in [5, 5.41) is 0. The Balaban J connectivity index is 2.13. The van der Waals surface area contributed by atoms with E-state index in [1.807, 2.05) is 6.92 Å². The highest BCUT2D eigenvalue weighted by atomic mass is 19.1. The van der Waals surface area contributed by atoms with E-state index in [1.54, 1.807) is 11.9 Å². The summed E-state index contributed by atoms with van der Waals surface area (Å²) in [4.78, 5) is 27.0. The van der Waals surface area contributed by atoms with Gasteiger partial charge < -0.3 is 9.80 Å². The number of unbranched alkanes of at least 4 members (excludes halogenated alkanes) is 1. The van der Waals surface area contributed by atoms with Crippen LogP contribution in [-0.2, 0) is 9.59 Å². The largest absolute Gasteiger partial charge is 0.345 e. The van der Waals surface area contributed by atoms with Gasteiger partial charge in [0.2, 0.25) is 11.8 Å². The van der Waals surface area contributed by atoms with E-state index >= 15 is 0 Å². The molecule has 0 N–H and O–H groups in total. The summed E-state index contributed by atoms with van der Waals surface area (Å²) in [6.45, 7) is 2.67. The molecule has 1 atom stereocenters. The Hall–Kier alpha value is -1.98. The number of rotatable bonds is 5. The van der Waals surface area contributed by atoms with E-state index in [9.17, 15) is 18.4 Å². The minimum absolute atomic E-state index is 0.0108. The number of anilines is 1. The normalized spacial score (nSPS) is 17.9. The number of hydrogen-bond acceptors (Lipinski definition) is 2. The maximum absolute atomic E-state index is 13.8. The Bertz CT molecular complexity index is 557. The monoisotopic (exact) mass is 310 g/mol. The van der Waals surface area contributed by atoms with Gasteiger partial charge in [0.05, 0.1) is 5.92 Å². The number of amides is 2. The molecule has 6 heteroatoms. The lowest BCUT2D eigenvalue weighted by Crippen LogP contribution is -2.35. The highest BCUT2D eigenvalue weighted by Gasteiger charge is 2.38. The molecule has 120 valence electrons. The van der Waals surface area contributed by atoms with Crippen LogP contribution in [-0.4, -0.2) is 36.9 Å². The highest BCUT2D eigenvalue weighted by Crippen LogP contribution is 2.30. The van der Waals surface area contributed by atoms with Crippen molar-refractivity contribution in [2.45, 2.75) is 26.2 Å². The van der Waals surface area contributed by atoms with Crippen LogP contribution in [0, 0.1) is 17.6 Å². The number of hydrogen-bond donors (Lipinski definition) is 0. The molecule has 1 heterocycles. The second kappa shape index (κ2) is 6.85. The van der Waals surface area contributed by atoms with Crippen molar-refractivity contribution in [3.63, 3.8) is 0 Å². The van der Waals surface area contributed by atoms with E-state index in [-0.39, 0.29) is 24.6 Å². The van der Waals surface area contributed by atoms with Crippen LogP contribution in [0.15, 0.2) is 18.2 Å². The van der Waals surface area contributed by atoms with Crippen LogP contribution in [0.1, 0.15) is 26.2 Å². The van der Waals surface area contributed by atoms with Crippen molar-refractivity contribution < 1.29 is 18.4 Å². The zero-order valence-electron chi connectivity index (χ0n) is 12.8. The molecular weight excluding hydrogens is 290 g/mol. The van der Waals surface area contributed by atoms with E-state index in [1.165, 1.54) is 6.07 Å². The smallest absolute Gasteiger partial charge is 0.228 e. The first-order valence-electron chi connectivity index (χ1n) is 7.45. The van der Waals surface area contributed by atoms with Crippen molar-refractivity contribution >= 4 is 17.5 Å². The van der Waals surface area contributed by atoms with Crippen LogP contribution in [0.4, 0.5) is 14.5 Å². The van der Waals surface area contributed by atoms with E-state index in [2.05, 4.69) is 0 Å². The maximum Gasteiger partial charge on any atom is 0.228 e. The predicted octanol–water partition coefficient (Wildman–Crippen LogP) is 2.58. The molecule has 0 radical (unpaired) electrons. The molecule has 0 saturated carbocycles. The van der Waals surface area contributed by atoms with Crippen molar-refractivity contribution in [1.29, 1.82) is 0 Å². The molecule has 0 bridgehead atoms. The van der Waals surface area contributed by atoms with Gasteiger partial charge in [0.25, 0.3) is 0 Å². The second-order valence-electron chi connectivity index (χ2n) is 5.59. The lowest BCUT2D eigenvalue weighted by Gasteiger charge is -2.21. The van der Waals surface area contributed by atoms with Gasteiger partial charge in [-0.25, -0.2) is 8.78 Å². The van der Waals surface area contributed by atoms with Crippen molar-refractivity contribution in [3.05, 3.63) is 29.8 Å². The Morgan fingerprint density at radius 2 is 2.00 bits per heavy atom. The minimum Gasteiger partial charge on any atom is -0.345 e. The summed E-state index contributed by atoms with van der Waals surface area (Å²) in [7, 11) is 1.69. The first-order valence-corrected chi connectivity index (χ1v) is 7.45. The van der Waals surface area contributed by atoms with Gasteiger partial charge in [-0.1, -0.05) is 19.4 Å². The van der Waals surface area contributed by atoms with Gasteiger partial charge in [-0.05, 0) is 18.6 Å². The third-order valence-corrected chi connectivity index (χ3v) is 3.91. The average Bonchev–Trinajstić information content (AvgIpc) is 2.85. The number of benzene rings is 1. The molecule has 22 heavy (non-hydrogen) atoms. The lowest BCUT2D eigenvalue weighted by molar-refractivity contribution is -0.134. The summed E-state index contributed by atoms with van der Waals surface area (Å²) in [5.41, 5.74) is -0.362. The fourth-order valence-corrected chi connectivity index (χ4v) is 2.65. The topological polar surface area (TPSA) is 40.6 Å². The third kappa shape index (κ3) is 3.26. The third-order valence-electron chi connectivity index (χ3n) is 3.91. The predicted molar refractivity (Wildman–Crippen MR) is 79.4 cm³/mol. The number of nitrogens with zero attached hydrogens (tertiary/aromatic N) is 2. The SMILES string of the molecule is CCCCN(C)C(=O)C1CC(=O)N(c2c(F)cccc2F)C1. The van der Waals surface area contributed by atoms with Crippen molar-refractivity contribution in [3.8, 4) is 0 Å². The number of carbonyl (C=O) groups excluding carboxylic acids is 2. The van der Waals surface area contributed by atoms with Crippen LogP contribution in [0.2, 0.25) is 0 Å². The van der Waals surface area contributed by atoms with Crippen molar-refractivity contribution in [2.24, 2.45) is 5.92 Å². The molecule has 0 spiro atoms. The standard InChI is InChI=1S/C16H20F2N2O2/c1-3-4-8-19(2)16(22)11-9-14(21)20(10-11)15-12(17)6-5-7-13(15)18/h5-7,11H,3-4,8-10H2,1-2H3. The molecule has 1 aliphatic heterocycles. The zero-order valence-corrected chi connectivity index (χ0v) is 12.8. The molecule has 2 amide bonds. The Labute approximate surface area is 128 Å². The van der Waals surface area contributed by atoms with Gasteiger partial charge in [-0.15, -0.1) is 0 Å². The molecule has 4 nitrogen and oxygen atoms in total. The summed E-state index contributed by atoms with van der Waals surface area (Å²) < 4.78 is 27.6. The molecule has 0 aromatic heterocycles. The number of carbonyl (C=O) groups is 2. The molecular formula is C16H20F2N2O2. The molecule has 1 saturated heterocycles. The van der Waals surface area contributed by atoms with Gasteiger partial charge in [0.1, 0.15) is 17.3 Å². The van der Waals surface area contributed by atoms with Gasteiger partial charge in [0, 0.05) is 26.6 Å². The molecule has 0 aliphatic carbocycles. The van der Waals surface area contributed by atoms with E-state index < -0.39 is 23.5 Å². The summed E-state index contributed by atoms with van der Waals surface area (Å²) in [6, 6.07) is 3.46. The fourth-order valence-electron chi connectivity index (χ4n) is 2.65. The van der Waals surface area contributed by atoms with Gasteiger partial charge >= 0.3 is 0 Å². The first-order chi connectivity index (χ1) is 10.5. The van der Waals surface area contributed by atoms with Crippen LogP contribution in [0.25, 0.3) is 0 Å². The molecule has 1 aromatic carbocycles. The van der Waals surface area contributed by atoms with Crippen molar-refractivity contribution in [2.75, 3.05) is 25.0 Å². The van der Waals surface area contributed by atoms with Crippen molar-refractivity contribution in [1.82, 2.24) is 4.90 Å². The minimum atomic E-state index is -0.791. The number of para-hydroxylation sites is 1. The molecule has 2 rings (SSSR count). The van der Waals surface area contributed by atoms with E-state index in [4.69, 9.17) is 0 Å². The van der Waals surface area contributed by atoms with Crippen LogP contribution < -0.4 is 4.90 Å². The first kappa shape index (κ1) is 16.4. The van der Waals surface area contributed by atoms with Gasteiger partial charge in [0.15, 0.2) is 0 Å². The van der Waals surface area contributed by atoms with Crippen LogP contribution >= 0.6 is 0 Å². The lowest BCUT2D eigenvalue weighted by atomic mass is 10.1. The van der Waals surface area contributed by atoms with Crippen LogP contribution in [0.3, 0.4) is 0 Å². The Morgan fingerprint density at radius 1 is 1.36 bits per heavy atom. The molecule has 1 aliphatic rings. The van der Waals surface area contributed by atoms with E-state index in [0.29, 0.717) is 6.54 Å². The van der Waals surface area contributed by atoms with Crippen LogP contribution in [0.5, 0.6) is 0 Å².